The first-order chi connectivity index (χ1) is 5.61. The number of hydrogen-bond acceptors (Lipinski definition) is 4. The van der Waals surface area contributed by atoms with Crippen LogP contribution in [-0.2, 0) is 25.3 Å². The maximum atomic E-state index is 10.6. The number of carbonyl (C=O) groups is 2. The number of carbonyl (C=O) groups excluding carboxylic acids is 2. The SMILES string of the molecule is O=C([S-])c1ccc(C(=O)[S-])cc1.[Na+].[Na+]. The van der Waals surface area contributed by atoms with Gasteiger partial charge in [-0.05, 0) is 11.1 Å². The zero-order valence-corrected chi connectivity index (χ0v) is 13.6. The molecule has 1 aromatic carbocycles. The molecule has 0 bridgehead atoms. The monoisotopic (exact) mass is 242 g/mol. The van der Waals surface area contributed by atoms with Crippen molar-refractivity contribution in [3.8, 4) is 0 Å². The molecule has 0 aliphatic heterocycles. The summed E-state index contributed by atoms with van der Waals surface area (Å²) >= 11 is 8.81. The number of hydrogen-bond donors (Lipinski definition) is 0. The quantitative estimate of drug-likeness (QED) is 0.384. The molecule has 0 saturated carbocycles. The van der Waals surface area contributed by atoms with Crippen molar-refractivity contribution in [2.24, 2.45) is 0 Å². The van der Waals surface area contributed by atoms with Crippen molar-refractivity contribution in [1.82, 2.24) is 0 Å². The minimum Gasteiger partial charge on any atom is -0.737 e. The van der Waals surface area contributed by atoms with Gasteiger partial charge in [0.05, 0.1) is 0 Å². The molecule has 0 atom stereocenters. The molecule has 0 aliphatic carbocycles. The molecule has 2 nitrogen and oxygen atoms in total. The second-order valence-electron chi connectivity index (χ2n) is 2.15. The average molecular weight is 242 g/mol. The van der Waals surface area contributed by atoms with Crippen molar-refractivity contribution in [2.45, 2.75) is 0 Å². The Kier molecular flexibility index (Phi) is 10.2. The molecule has 14 heavy (non-hydrogen) atoms. The van der Waals surface area contributed by atoms with E-state index in [0.717, 1.165) is 0 Å². The van der Waals surface area contributed by atoms with Crippen molar-refractivity contribution >= 4 is 35.5 Å². The van der Waals surface area contributed by atoms with Crippen LogP contribution in [0.2, 0.25) is 0 Å². The van der Waals surface area contributed by atoms with E-state index in [0.29, 0.717) is 11.1 Å². The molecule has 0 aliphatic rings. The molecule has 0 aromatic heterocycles. The second kappa shape index (κ2) is 8.19. The molecule has 0 unspecified atom stereocenters. The van der Waals surface area contributed by atoms with Crippen LogP contribution in [0, 0.1) is 0 Å². The zero-order chi connectivity index (χ0) is 9.14. The van der Waals surface area contributed by atoms with E-state index in [1.165, 1.54) is 24.3 Å². The van der Waals surface area contributed by atoms with Crippen LogP contribution in [0.5, 0.6) is 0 Å². The van der Waals surface area contributed by atoms with Crippen LogP contribution in [0.3, 0.4) is 0 Å². The molecular formula is C8H4Na2O2S2. The van der Waals surface area contributed by atoms with E-state index in [1.807, 2.05) is 0 Å². The second-order valence-corrected chi connectivity index (χ2v) is 2.89. The molecule has 1 aromatic rings. The van der Waals surface area contributed by atoms with Gasteiger partial charge in [-0.25, -0.2) is 0 Å². The summed E-state index contributed by atoms with van der Waals surface area (Å²) in [6, 6.07) is 5.98. The molecule has 0 N–H and O–H groups in total. The predicted octanol–water partition coefficient (Wildman–Crippen LogP) is -4.93. The third-order valence-corrected chi connectivity index (χ3v) is 1.83. The van der Waals surface area contributed by atoms with Crippen molar-refractivity contribution in [3.63, 3.8) is 0 Å². The molecule has 0 spiro atoms. The summed E-state index contributed by atoms with van der Waals surface area (Å²) in [7, 11) is 0. The van der Waals surface area contributed by atoms with Crippen molar-refractivity contribution in [1.29, 1.82) is 0 Å². The van der Waals surface area contributed by atoms with Crippen LogP contribution in [0.1, 0.15) is 20.7 Å². The molecule has 0 heterocycles. The Morgan fingerprint density at radius 3 is 1.14 bits per heavy atom. The molecule has 0 saturated heterocycles. The molecule has 0 fully saturated rings. The van der Waals surface area contributed by atoms with Crippen molar-refractivity contribution in [2.75, 3.05) is 0 Å². The van der Waals surface area contributed by atoms with Gasteiger partial charge in [0.2, 0.25) is 0 Å². The molecule has 0 amide bonds. The largest absolute Gasteiger partial charge is 1.00 e. The molecule has 1 rings (SSSR count). The van der Waals surface area contributed by atoms with Crippen LogP contribution in [0.15, 0.2) is 24.3 Å². The maximum Gasteiger partial charge on any atom is 1.00 e. The Labute approximate surface area is 138 Å². The summed E-state index contributed by atoms with van der Waals surface area (Å²) in [5.74, 6) is 0. The van der Waals surface area contributed by atoms with E-state index in [2.05, 4.69) is 25.3 Å². The van der Waals surface area contributed by atoms with Crippen LogP contribution in [0.25, 0.3) is 0 Å². The Hall–Kier alpha value is 1.00. The Bertz CT molecular complexity index is 292. The first-order valence-corrected chi connectivity index (χ1v) is 3.95. The maximum absolute atomic E-state index is 10.6. The average Bonchev–Trinajstić information content (AvgIpc) is 2.04. The number of rotatable bonds is 2. The molecule has 62 valence electrons. The van der Waals surface area contributed by atoms with Gasteiger partial charge in [-0.1, -0.05) is 24.3 Å². The van der Waals surface area contributed by atoms with Crippen molar-refractivity contribution in [3.05, 3.63) is 35.4 Å². The van der Waals surface area contributed by atoms with Gasteiger partial charge in [0.15, 0.2) is 0 Å². The summed E-state index contributed by atoms with van der Waals surface area (Å²) in [5, 5.41) is -0.864. The standard InChI is InChI=1S/C8H6O2S2.2Na/c9-7(11)5-1-2-6(4-3-5)8(10)12;;/h1-4H,(H,9,11)(H,10,12);;/q;2*+1/p-2. The minimum absolute atomic E-state index is 0. The first-order valence-electron chi connectivity index (χ1n) is 3.14. The minimum atomic E-state index is -0.432. The van der Waals surface area contributed by atoms with Gasteiger partial charge >= 0.3 is 59.1 Å². The Morgan fingerprint density at radius 2 is 1.00 bits per heavy atom. The Morgan fingerprint density at radius 1 is 0.786 bits per heavy atom. The van der Waals surface area contributed by atoms with E-state index in [1.54, 1.807) is 0 Å². The van der Waals surface area contributed by atoms with Gasteiger partial charge in [0.25, 0.3) is 0 Å². The van der Waals surface area contributed by atoms with Gasteiger partial charge in [-0.3, -0.25) is 0 Å². The van der Waals surface area contributed by atoms with E-state index < -0.39 is 10.2 Å². The molecular weight excluding hydrogens is 238 g/mol. The predicted molar refractivity (Wildman–Crippen MR) is 49.8 cm³/mol. The van der Waals surface area contributed by atoms with Gasteiger partial charge < -0.3 is 34.8 Å². The third kappa shape index (κ3) is 5.19. The van der Waals surface area contributed by atoms with Gasteiger partial charge in [0.1, 0.15) is 0 Å². The van der Waals surface area contributed by atoms with E-state index in [-0.39, 0.29) is 59.1 Å². The summed E-state index contributed by atoms with van der Waals surface area (Å²) in [4.78, 5) is 21.3. The fourth-order valence-electron chi connectivity index (χ4n) is 0.742. The zero-order valence-electron chi connectivity index (χ0n) is 7.94. The summed E-state index contributed by atoms with van der Waals surface area (Å²) in [6.45, 7) is 0. The molecule has 0 radical (unpaired) electrons. The fourth-order valence-corrected chi connectivity index (χ4v) is 1.01. The third-order valence-electron chi connectivity index (χ3n) is 1.36. The summed E-state index contributed by atoms with van der Waals surface area (Å²) in [5.41, 5.74) is 0.815. The van der Waals surface area contributed by atoms with Gasteiger partial charge in [-0.2, -0.15) is 0 Å². The van der Waals surface area contributed by atoms with Crippen LogP contribution >= 0.6 is 0 Å². The van der Waals surface area contributed by atoms with E-state index in [9.17, 15) is 9.59 Å². The first kappa shape index (κ1) is 17.4. The van der Waals surface area contributed by atoms with Crippen LogP contribution < -0.4 is 59.1 Å². The van der Waals surface area contributed by atoms with E-state index in [4.69, 9.17) is 0 Å². The van der Waals surface area contributed by atoms with Crippen LogP contribution in [-0.4, -0.2) is 10.2 Å². The van der Waals surface area contributed by atoms with Gasteiger partial charge in [-0.15, -0.1) is 0 Å². The Balaban J connectivity index is 0. The van der Waals surface area contributed by atoms with E-state index >= 15 is 0 Å². The van der Waals surface area contributed by atoms with Crippen molar-refractivity contribution < 1.29 is 68.7 Å². The smallest absolute Gasteiger partial charge is 0.737 e. The topological polar surface area (TPSA) is 34.1 Å². The van der Waals surface area contributed by atoms with Gasteiger partial charge in [0, 0.05) is 10.2 Å². The summed E-state index contributed by atoms with van der Waals surface area (Å²) in [6.07, 6.45) is 0. The summed E-state index contributed by atoms with van der Waals surface area (Å²) < 4.78 is 0. The number of benzene rings is 1. The fraction of sp³-hybridized carbons (Fsp3) is 0. The normalized spacial score (nSPS) is 8.00. The molecule has 6 heteroatoms. The van der Waals surface area contributed by atoms with Crippen LogP contribution in [0.4, 0.5) is 0 Å².